The van der Waals surface area contributed by atoms with Gasteiger partial charge in [0, 0.05) is 12.3 Å². The van der Waals surface area contributed by atoms with Crippen LogP contribution >= 0.6 is 11.8 Å². The number of carboxylic acids is 1. The van der Waals surface area contributed by atoms with E-state index in [1.54, 1.807) is 16.7 Å². The molecule has 2 rings (SSSR count). The lowest BCUT2D eigenvalue weighted by atomic mass is 10.0. The van der Waals surface area contributed by atoms with Crippen molar-refractivity contribution in [3.8, 4) is 0 Å². The van der Waals surface area contributed by atoms with Crippen molar-refractivity contribution < 1.29 is 14.7 Å². The van der Waals surface area contributed by atoms with Crippen LogP contribution in [-0.4, -0.2) is 45.6 Å². The molecule has 3 N–H and O–H groups in total. The Balaban J connectivity index is 2.24. The predicted octanol–water partition coefficient (Wildman–Crippen LogP) is 0.736. The number of thioether (sulfide) groups is 1. The van der Waals surface area contributed by atoms with E-state index in [2.05, 4.69) is 0 Å². The normalized spacial score (nSPS) is 29.7. The van der Waals surface area contributed by atoms with Crippen LogP contribution in [0.1, 0.15) is 26.7 Å². The van der Waals surface area contributed by atoms with E-state index in [0.29, 0.717) is 12.3 Å². The van der Waals surface area contributed by atoms with Crippen molar-refractivity contribution in [1.82, 2.24) is 4.90 Å². The molecule has 18 heavy (non-hydrogen) atoms. The van der Waals surface area contributed by atoms with E-state index in [0.717, 1.165) is 12.8 Å². The third kappa shape index (κ3) is 2.12. The first-order valence-corrected chi connectivity index (χ1v) is 7.35. The highest BCUT2D eigenvalue weighted by molar-refractivity contribution is 8.00. The molecule has 0 aromatic rings. The van der Waals surface area contributed by atoms with E-state index in [9.17, 15) is 14.7 Å². The van der Waals surface area contributed by atoms with Crippen molar-refractivity contribution in [2.24, 2.45) is 17.1 Å². The molecule has 1 saturated carbocycles. The molecule has 1 amide bonds. The average Bonchev–Trinajstić information content (AvgIpc) is 2.98. The Morgan fingerprint density at radius 3 is 2.50 bits per heavy atom. The maximum absolute atomic E-state index is 12.6. The van der Waals surface area contributed by atoms with Gasteiger partial charge in [0.25, 0.3) is 0 Å². The summed E-state index contributed by atoms with van der Waals surface area (Å²) in [4.78, 5) is 25.4. The van der Waals surface area contributed by atoms with Gasteiger partial charge in [0.05, 0.1) is 10.8 Å². The van der Waals surface area contributed by atoms with Gasteiger partial charge in [-0.1, -0.05) is 13.8 Å². The number of rotatable bonds is 4. The maximum atomic E-state index is 12.6. The van der Waals surface area contributed by atoms with E-state index in [1.807, 2.05) is 13.8 Å². The highest BCUT2D eigenvalue weighted by Crippen LogP contribution is 2.49. The van der Waals surface area contributed by atoms with Crippen molar-refractivity contribution in [1.29, 1.82) is 0 Å². The van der Waals surface area contributed by atoms with Gasteiger partial charge in [0.15, 0.2) is 0 Å². The van der Waals surface area contributed by atoms with E-state index in [-0.39, 0.29) is 17.2 Å². The minimum absolute atomic E-state index is 0.0392. The number of carboxylic acid groups (broad SMARTS) is 1. The number of nitrogens with two attached hydrogens (primary N) is 1. The van der Waals surface area contributed by atoms with Crippen LogP contribution < -0.4 is 5.73 Å². The molecule has 0 aromatic heterocycles. The van der Waals surface area contributed by atoms with Crippen molar-refractivity contribution in [2.45, 2.75) is 38.1 Å². The average molecular weight is 272 g/mol. The number of carbonyl (C=O) groups is 2. The first kappa shape index (κ1) is 13.7. The summed E-state index contributed by atoms with van der Waals surface area (Å²) >= 11 is 1.56. The fraction of sp³-hybridized carbons (Fsp3) is 0.833. The molecule has 2 unspecified atom stereocenters. The van der Waals surface area contributed by atoms with Gasteiger partial charge in [0.1, 0.15) is 6.04 Å². The topological polar surface area (TPSA) is 83.6 Å². The van der Waals surface area contributed by atoms with Crippen molar-refractivity contribution in [3.63, 3.8) is 0 Å². The molecular formula is C12H20N2O3S. The van der Waals surface area contributed by atoms with Crippen LogP contribution in [0.5, 0.6) is 0 Å². The number of nitrogens with zero attached hydrogens (tertiary/aromatic N) is 1. The zero-order chi connectivity index (χ0) is 13.5. The van der Waals surface area contributed by atoms with Gasteiger partial charge in [-0.2, -0.15) is 0 Å². The molecule has 6 heteroatoms. The van der Waals surface area contributed by atoms with E-state index in [1.165, 1.54) is 0 Å². The summed E-state index contributed by atoms with van der Waals surface area (Å²) in [6.07, 6.45) is 1.58. The predicted molar refractivity (Wildman–Crippen MR) is 70.1 cm³/mol. The Kier molecular flexibility index (Phi) is 3.60. The van der Waals surface area contributed by atoms with Crippen LogP contribution in [0.4, 0.5) is 0 Å². The van der Waals surface area contributed by atoms with Gasteiger partial charge in [-0.3, -0.25) is 4.79 Å². The van der Waals surface area contributed by atoms with Crippen LogP contribution in [0.2, 0.25) is 0 Å². The molecule has 5 nitrogen and oxygen atoms in total. The second-order valence-corrected chi connectivity index (χ2v) is 6.67. The zero-order valence-electron chi connectivity index (χ0n) is 10.8. The molecule has 2 atom stereocenters. The zero-order valence-corrected chi connectivity index (χ0v) is 11.6. The highest BCUT2D eigenvalue weighted by Gasteiger charge is 2.55. The van der Waals surface area contributed by atoms with Crippen molar-refractivity contribution in [3.05, 3.63) is 0 Å². The quantitative estimate of drug-likeness (QED) is 0.788. The molecule has 0 bridgehead atoms. The first-order chi connectivity index (χ1) is 8.43. The molecule has 1 heterocycles. The Morgan fingerprint density at radius 1 is 1.50 bits per heavy atom. The lowest BCUT2D eigenvalue weighted by Gasteiger charge is -2.32. The molecule has 2 aliphatic rings. The number of carbonyl (C=O) groups excluding carboxylic acids is 1. The third-order valence-corrected chi connectivity index (χ3v) is 5.44. The largest absolute Gasteiger partial charge is 0.480 e. The number of hydrogen-bond acceptors (Lipinski definition) is 4. The molecule has 1 saturated heterocycles. The third-order valence-electron chi connectivity index (χ3n) is 3.82. The second kappa shape index (κ2) is 4.74. The molecule has 0 aromatic carbocycles. The van der Waals surface area contributed by atoms with Crippen molar-refractivity contribution in [2.75, 3.05) is 12.3 Å². The van der Waals surface area contributed by atoms with Crippen LogP contribution in [0.15, 0.2) is 0 Å². The fourth-order valence-corrected chi connectivity index (χ4v) is 3.89. The molecule has 0 spiro atoms. The lowest BCUT2D eigenvalue weighted by Crippen LogP contribution is -2.51. The lowest BCUT2D eigenvalue weighted by molar-refractivity contribution is -0.152. The van der Waals surface area contributed by atoms with Gasteiger partial charge in [-0.05, 0) is 18.8 Å². The van der Waals surface area contributed by atoms with Gasteiger partial charge in [0.2, 0.25) is 5.91 Å². The molecule has 1 aliphatic carbocycles. The van der Waals surface area contributed by atoms with E-state index in [4.69, 9.17) is 5.73 Å². The van der Waals surface area contributed by atoms with Crippen LogP contribution in [0.3, 0.4) is 0 Å². The SMILES string of the molecule is CC(C)C1SCC(C(=O)O)N1C(=O)C1(CN)CC1. The van der Waals surface area contributed by atoms with Crippen LogP contribution in [0.25, 0.3) is 0 Å². The maximum Gasteiger partial charge on any atom is 0.327 e. The van der Waals surface area contributed by atoms with Gasteiger partial charge in [-0.25, -0.2) is 4.79 Å². The Morgan fingerprint density at radius 2 is 2.11 bits per heavy atom. The molecule has 102 valence electrons. The Labute approximate surface area is 111 Å². The Bertz CT molecular complexity index is 368. The summed E-state index contributed by atoms with van der Waals surface area (Å²) in [7, 11) is 0. The van der Waals surface area contributed by atoms with E-state index >= 15 is 0 Å². The summed E-state index contributed by atoms with van der Waals surface area (Å²) in [6, 6.07) is -0.695. The van der Waals surface area contributed by atoms with Crippen LogP contribution in [-0.2, 0) is 9.59 Å². The smallest absolute Gasteiger partial charge is 0.327 e. The van der Waals surface area contributed by atoms with Crippen molar-refractivity contribution >= 4 is 23.6 Å². The number of hydrogen-bond donors (Lipinski definition) is 2. The van der Waals surface area contributed by atoms with Gasteiger partial charge >= 0.3 is 5.97 Å². The summed E-state index contributed by atoms with van der Waals surface area (Å²) in [5.74, 6) is -0.241. The minimum atomic E-state index is -0.910. The van der Waals surface area contributed by atoms with Crippen LogP contribution in [0, 0.1) is 11.3 Å². The number of amides is 1. The standard InChI is InChI=1S/C12H20N2O3S/c1-7(2)9-14(8(5-18-9)10(15)16)11(17)12(6-13)3-4-12/h7-9H,3-6,13H2,1-2H3,(H,15,16). The summed E-state index contributed by atoms with van der Waals surface area (Å²) in [5.41, 5.74) is 5.21. The first-order valence-electron chi connectivity index (χ1n) is 6.30. The summed E-state index contributed by atoms with van der Waals surface area (Å²) in [6.45, 7) is 4.36. The Hall–Kier alpha value is -0.750. The highest BCUT2D eigenvalue weighted by atomic mass is 32.2. The van der Waals surface area contributed by atoms with E-state index < -0.39 is 17.4 Å². The molecular weight excluding hydrogens is 252 g/mol. The van der Waals surface area contributed by atoms with Gasteiger partial charge < -0.3 is 15.7 Å². The molecule has 0 radical (unpaired) electrons. The fourth-order valence-electron chi connectivity index (χ4n) is 2.42. The minimum Gasteiger partial charge on any atom is -0.480 e. The summed E-state index contributed by atoms with van der Waals surface area (Å²) in [5, 5.41) is 9.21. The molecule has 1 aliphatic heterocycles. The summed E-state index contributed by atoms with van der Waals surface area (Å²) < 4.78 is 0. The number of aliphatic carboxylic acids is 1. The monoisotopic (exact) mass is 272 g/mol. The van der Waals surface area contributed by atoms with Gasteiger partial charge in [-0.15, -0.1) is 11.8 Å². The second-order valence-electron chi connectivity index (χ2n) is 5.52. The molecule has 2 fully saturated rings.